The summed E-state index contributed by atoms with van der Waals surface area (Å²) in [6, 6.07) is 0.795. The fourth-order valence-corrected chi connectivity index (χ4v) is 2.91. The first-order chi connectivity index (χ1) is 5.66. The molecular weight excluding hydrogens is 148 g/mol. The summed E-state index contributed by atoms with van der Waals surface area (Å²) in [5.41, 5.74) is 0. The van der Waals surface area contributed by atoms with Gasteiger partial charge in [0.2, 0.25) is 0 Å². The molecular formula is C10H20N2. The minimum absolute atomic E-state index is 0.795. The fraction of sp³-hybridized carbons (Fsp3) is 1.00. The van der Waals surface area contributed by atoms with Crippen LogP contribution in [0.25, 0.3) is 0 Å². The molecule has 0 N–H and O–H groups in total. The summed E-state index contributed by atoms with van der Waals surface area (Å²) in [6.07, 6.45) is 1.47. The first kappa shape index (κ1) is 8.52. The second kappa shape index (κ2) is 3.00. The molecule has 0 aliphatic carbocycles. The predicted molar refractivity (Wildman–Crippen MR) is 51.2 cm³/mol. The van der Waals surface area contributed by atoms with E-state index < -0.39 is 0 Å². The Labute approximate surface area is 75.5 Å². The van der Waals surface area contributed by atoms with Crippen molar-refractivity contribution in [1.82, 2.24) is 9.80 Å². The van der Waals surface area contributed by atoms with Crippen LogP contribution in [0.4, 0.5) is 0 Å². The van der Waals surface area contributed by atoms with Gasteiger partial charge in [0.25, 0.3) is 0 Å². The maximum atomic E-state index is 2.53. The zero-order valence-electron chi connectivity index (χ0n) is 8.45. The molecule has 2 fully saturated rings. The molecule has 0 aromatic rings. The quantitative estimate of drug-likeness (QED) is 0.530. The third-order valence-corrected chi connectivity index (χ3v) is 3.68. The van der Waals surface area contributed by atoms with Crippen LogP contribution < -0.4 is 0 Å². The van der Waals surface area contributed by atoms with Crippen LogP contribution >= 0.6 is 0 Å². The lowest BCUT2D eigenvalue weighted by atomic mass is 9.80. The van der Waals surface area contributed by atoms with Gasteiger partial charge in [0.05, 0.1) is 0 Å². The molecule has 0 aromatic heterocycles. The summed E-state index contributed by atoms with van der Waals surface area (Å²) >= 11 is 0. The molecule has 2 heterocycles. The van der Waals surface area contributed by atoms with Crippen LogP contribution in [0.3, 0.4) is 0 Å². The topological polar surface area (TPSA) is 6.48 Å². The molecule has 2 nitrogen and oxygen atoms in total. The Kier molecular flexibility index (Phi) is 2.13. The number of hydrogen-bond donors (Lipinski definition) is 0. The Hall–Kier alpha value is -0.0800. The van der Waals surface area contributed by atoms with E-state index in [2.05, 4.69) is 30.8 Å². The number of likely N-dealkylation sites (tertiary alicyclic amines) is 2. The second-order valence-corrected chi connectivity index (χ2v) is 4.76. The lowest BCUT2D eigenvalue weighted by Crippen LogP contribution is -2.54. The van der Waals surface area contributed by atoms with E-state index in [1.807, 2.05) is 0 Å². The average molecular weight is 168 g/mol. The van der Waals surface area contributed by atoms with Gasteiger partial charge in [-0.15, -0.1) is 0 Å². The Morgan fingerprint density at radius 3 is 2.58 bits per heavy atom. The van der Waals surface area contributed by atoms with Gasteiger partial charge in [0.15, 0.2) is 0 Å². The molecule has 70 valence electrons. The lowest BCUT2D eigenvalue weighted by molar-refractivity contribution is 0.0164. The smallest absolute Gasteiger partial charge is 0.0105 e. The van der Waals surface area contributed by atoms with Crippen molar-refractivity contribution in [1.29, 1.82) is 0 Å². The zero-order valence-corrected chi connectivity index (χ0v) is 8.45. The Bertz CT molecular complexity index is 165. The molecule has 0 saturated carbocycles. The molecule has 3 atom stereocenters. The third kappa shape index (κ3) is 1.38. The van der Waals surface area contributed by atoms with Crippen molar-refractivity contribution in [2.24, 2.45) is 11.8 Å². The van der Waals surface area contributed by atoms with Crippen molar-refractivity contribution in [3.63, 3.8) is 0 Å². The van der Waals surface area contributed by atoms with E-state index in [-0.39, 0.29) is 0 Å². The summed E-state index contributed by atoms with van der Waals surface area (Å²) in [5.74, 6) is 1.86. The van der Waals surface area contributed by atoms with Gasteiger partial charge in [-0.3, -0.25) is 0 Å². The molecule has 2 aliphatic rings. The zero-order chi connectivity index (χ0) is 8.72. The summed E-state index contributed by atoms with van der Waals surface area (Å²) in [7, 11) is 4.53. The first-order valence-corrected chi connectivity index (χ1v) is 5.05. The van der Waals surface area contributed by atoms with E-state index in [4.69, 9.17) is 0 Å². The van der Waals surface area contributed by atoms with Gasteiger partial charge in [-0.05, 0) is 39.3 Å². The standard InChI is InChI=1S/C10H20N2/c1-8-10-4-9(6-12(8)3)5-11(2)7-10/h8-10H,4-7H2,1-3H3/t8-,9?,10-/m0/s1. The molecule has 0 spiro atoms. The maximum absolute atomic E-state index is 2.53. The highest BCUT2D eigenvalue weighted by Crippen LogP contribution is 2.31. The Balaban J connectivity index is 2.07. The van der Waals surface area contributed by atoms with Gasteiger partial charge in [0.1, 0.15) is 0 Å². The number of hydrogen-bond acceptors (Lipinski definition) is 2. The Morgan fingerprint density at radius 1 is 1.08 bits per heavy atom. The van der Waals surface area contributed by atoms with E-state index >= 15 is 0 Å². The minimum atomic E-state index is 0.795. The van der Waals surface area contributed by atoms with Crippen molar-refractivity contribution < 1.29 is 0 Å². The number of fused-ring (bicyclic) bond motifs is 2. The predicted octanol–water partition coefficient (Wildman–Crippen LogP) is 0.888. The Morgan fingerprint density at radius 2 is 1.83 bits per heavy atom. The summed E-state index contributed by atoms with van der Waals surface area (Å²) in [5, 5.41) is 0. The molecule has 0 radical (unpaired) electrons. The van der Waals surface area contributed by atoms with Crippen LogP contribution in [0.1, 0.15) is 13.3 Å². The van der Waals surface area contributed by atoms with Crippen LogP contribution in [-0.2, 0) is 0 Å². The highest BCUT2D eigenvalue weighted by atomic mass is 15.2. The van der Waals surface area contributed by atoms with Crippen LogP contribution in [0.2, 0.25) is 0 Å². The van der Waals surface area contributed by atoms with E-state index in [9.17, 15) is 0 Å². The highest BCUT2D eigenvalue weighted by molar-refractivity contribution is 4.90. The number of rotatable bonds is 0. The molecule has 2 bridgehead atoms. The van der Waals surface area contributed by atoms with Gasteiger partial charge in [0, 0.05) is 25.7 Å². The van der Waals surface area contributed by atoms with Crippen LogP contribution in [0.15, 0.2) is 0 Å². The lowest BCUT2D eigenvalue weighted by Gasteiger charge is -2.47. The van der Waals surface area contributed by atoms with Gasteiger partial charge < -0.3 is 9.80 Å². The summed E-state index contributed by atoms with van der Waals surface area (Å²) in [6.45, 7) is 6.30. The average Bonchev–Trinajstić information content (AvgIpc) is 1.99. The van der Waals surface area contributed by atoms with Crippen molar-refractivity contribution in [3.05, 3.63) is 0 Å². The van der Waals surface area contributed by atoms with E-state index in [1.54, 1.807) is 0 Å². The van der Waals surface area contributed by atoms with Crippen molar-refractivity contribution in [2.75, 3.05) is 33.7 Å². The van der Waals surface area contributed by atoms with Crippen molar-refractivity contribution in [3.8, 4) is 0 Å². The molecule has 2 rings (SSSR count). The van der Waals surface area contributed by atoms with Crippen molar-refractivity contribution >= 4 is 0 Å². The monoisotopic (exact) mass is 168 g/mol. The van der Waals surface area contributed by atoms with Crippen molar-refractivity contribution in [2.45, 2.75) is 19.4 Å². The fourth-order valence-electron chi connectivity index (χ4n) is 2.91. The summed E-state index contributed by atoms with van der Waals surface area (Å²) < 4.78 is 0. The van der Waals surface area contributed by atoms with Gasteiger partial charge in [-0.25, -0.2) is 0 Å². The SMILES string of the molecule is C[C@H]1[C@H]2CC(CN(C)C2)CN1C. The third-order valence-electron chi connectivity index (χ3n) is 3.68. The van der Waals surface area contributed by atoms with Gasteiger partial charge in [-0.1, -0.05) is 0 Å². The first-order valence-electron chi connectivity index (χ1n) is 5.05. The van der Waals surface area contributed by atoms with Crippen LogP contribution in [-0.4, -0.2) is 49.6 Å². The largest absolute Gasteiger partial charge is 0.306 e. The molecule has 0 aromatic carbocycles. The molecule has 12 heavy (non-hydrogen) atoms. The molecule has 2 heteroatoms. The van der Waals surface area contributed by atoms with E-state index in [1.165, 1.54) is 26.1 Å². The normalized spacial score (nSPS) is 44.8. The maximum Gasteiger partial charge on any atom is 0.0105 e. The van der Waals surface area contributed by atoms with Gasteiger partial charge in [-0.2, -0.15) is 0 Å². The number of nitrogens with zero attached hydrogens (tertiary/aromatic N) is 2. The van der Waals surface area contributed by atoms with Gasteiger partial charge >= 0.3 is 0 Å². The molecule has 0 amide bonds. The second-order valence-electron chi connectivity index (χ2n) is 4.76. The van der Waals surface area contributed by atoms with Crippen LogP contribution in [0, 0.1) is 11.8 Å². The van der Waals surface area contributed by atoms with E-state index in [0.29, 0.717) is 0 Å². The molecule has 2 aliphatic heterocycles. The minimum Gasteiger partial charge on any atom is -0.306 e. The molecule has 2 saturated heterocycles. The van der Waals surface area contributed by atoms with E-state index in [0.717, 1.165) is 17.9 Å². The number of piperidine rings is 2. The highest BCUT2D eigenvalue weighted by Gasteiger charge is 2.35. The van der Waals surface area contributed by atoms with Crippen LogP contribution in [0.5, 0.6) is 0 Å². The molecule has 1 unspecified atom stereocenters. The summed E-state index contributed by atoms with van der Waals surface area (Å²) in [4.78, 5) is 5.04.